The lowest BCUT2D eigenvalue weighted by Crippen LogP contribution is -1.85. The Morgan fingerprint density at radius 3 is 2.77 bits per heavy atom. The predicted molar refractivity (Wildman–Crippen MR) is 55.7 cm³/mol. The molecule has 0 saturated heterocycles. The second-order valence-electron chi connectivity index (χ2n) is 2.98. The van der Waals surface area contributed by atoms with Gasteiger partial charge in [-0.2, -0.15) is 0 Å². The van der Waals surface area contributed by atoms with Gasteiger partial charge in [0.2, 0.25) is 0 Å². The number of ether oxygens (including phenoxy) is 1. The highest BCUT2D eigenvalue weighted by Gasteiger charge is 1.94. The van der Waals surface area contributed by atoms with Crippen LogP contribution in [0.3, 0.4) is 0 Å². The first-order valence-corrected chi connectivity index (χ1v) is 4.45. The Morgan fingerprint density at radius 2 is 2.15 bits per heavy atom. The van der Waals surface area contributed by atoms with Gasteiger partial charge in [0.15, 0.2) is 6.40 Å². The van der Waals surface area contributed by atoms with Gasteiger partial charge in [-0.15, -0.1) is 0 Å². The number of benzene rings is 1. The lowest BCUT2D eigenvalue weighted by atomic mass is 10.1. The van der Waals surface area contributed by atoms with Gasteiger partial charge in [-0.05, 0) is 32.4 Å². The van der Waals surface area contributed by atoms with E-state index in [-0.39, 0.29) is 0 Å². The molecule has 0 aliphatic carbocycles. The highest BCUT2D eigenvalue weighted by atomic mass is 16.5. The molecule has 13 heavy (non-hydrogen) atoms. The Bertz CT molecular complexity index is 305. The largest absolute Gasteiger partial charge is 0.483 e. The quantitative estimate of drug-likeness (QED) is 0.513. The number of hydrogen-bond acceptors (Lipinski definition) is 2. The third kappa shape index (κ3) is 2.90. The molecule has 0 aliphatic heterocycles. The molecule has 0 amide bonds. The van der Waals surface area contributed by atoms with Crippen molar-refractivity contribution in [3.8, 4) is 0 Å². The van der Waals surface area contributed by atoms with Crippen molar-refractivity contribution in [1.82, 2.24) is 0 Å². The summed E-state index contributed by atoms with van der Waals surface area (Å²) in [7, 11) is 0. The summed E-state index contributed by atoms with van der Waals surface area (Å²) in [5.41, 5.74) is 3.41. The van der Waals surface area contributed by atoms with E-state index >= 15 is 0 Å². The van der Waals surface area contributed by atoms with Gasteiger partial charge >= 0.3 is 0 Å². The summed E-state index contributed by atoms with van der Waals surface area (Å²) in [6.45, 7) is 6.72. The normalized spacial score (nSPS) is 10.7. The first-order chi connectivity index (χ1) is 6.24. The van der Waals surface area contributed by atoms with Gasteiger partial charge in [0.1, 0.15) is 0 Å². The minimum absolute atomic E-state index is 0.661. The lowest BCUT2D eigenvalue weighted by Gasteiger charge is -2.00. The van der Waals surface area contributed by atoms with Crippen LogP contribution in [0.1, 0.15) is 18.1 Å². The van der Waals surface area contributed by atoms with Gasteiger partial charge < -0.3 is 4.74 Å². The molecule has 1 rings (SSSR count). The zero-order valence-electron chi connectivity index (χ0n) is 8.37. The molecule has 70 valence electrons. The Balaban J connectivity index is 2.77. The van der Waals surface area contributed by atoms with Gasteiger partial charge in [0.25, 0.3) is 0 Å². The lowest BCUT2D eigenvalue weighted by molar-refractivity contribution is 0.344. The number of aryl methyl sites for hydroxylation is 2. The van der Waals surface area contributed by atoms with E-state index < -0.39 is 0 Å². The zero-order valence-corrected chi connectivity index (χ0v) is 8.37. The molecule has 2 heteroatoms. The van der Waals surface area contributed by atoms with Crippen molar-refractivity contribution in [1.29, 1.82) is 0 Å². The maximum Gasteiger partial charge on any atom is 0.174 e. The van der Waals surface area contributed by atoms with E-state index in [0.29, 0.717) is 6.61 Å². The number of aliphatic imine (C=N–C) groups is 1. The Morgan fingerprint density at radius 1 is 1.38 bits per heavy atom. The van der Waals surface area contributed by atoms with Crippen LogP contribution in [0, 0.1) is 13.8 Å². The molecular weight excluding hydrogens is 162 g/mol. The van der Waals surface area contributed by atoms with E-state index in [1.54, 1.807) is 0 Å². The van der Waals surface area contributed by atoms with Crippen LogP contribution in [-0.2, 0) is 4.74 Å². The van der Waals surface area contributed by atoms with Crippen molar-refractivity contribution in [2.24, 2.45) is 4.99 Å². The molecule has 0 heterocycles. The summed E-state index contributed by atoms with van der Waals surface area (Å²) in [6, 6.07) is 6.16. The van der Waals surface area contributed by atoms with Gasteiger partial charge in [-0.3, -0.25) is 0 Å². The summed E-state index contributed by atoms with van der Waals surface area (Å²) in [5, 5.41) is 0. The smallest absolute Gasteiger partial charge is 0.174 e. The maximum atomic E-state index is 5.03. The molecule has 0 saturated carbocycles. The number of nitrogens with zero attached hydrogens (tertiary/aromatic N) is 1. The molecule has 0 aromatic heterocycles. The van der Waals surface area contributed by atoms with Crippen molar-refractivity contribution in [3.05, 3.63) is 29.3 Å². The van der Waals surface area contributed by atoms with Crippen LogP contribution in [0.15, 0.2) is 23.2 Å². The van der Waals surface area contributed by atoms with Crippen LogP contribution in [0.5, 0.6) is 0 Å². The molecule has 0 bridgehead atoms. The molecule has 0 N–H and O–H groups in total. The fraction of sp³-hybridized carbons (Fsp3) is 0.364. The summed E-state index contributed by atoms with van der Waals surface area (Å²) in [6.07, 6.45) is 1.50. The van der Waals surface area contributed by atoms with E-state index in [1.165, 1.54) is 17.5 Å². The average Bonchev–Trinajstić information content (AvgIpc) is 2.09. The molecule has 0 spiro atoms. The van der Waals surface area contributed by atoms with Crippen molar-refractivity contribution < 1.29 is 4.74 Å². The summed E-state index contributed by atoms with van der Waals surface area (Å²) in [5.74, 6) is 0. The summed E-state index contributed by atoms with van der Waals surface area (Å²) < 4.78 is 5.03. The number of rotatable bonds is 3. The monoisotopic (exact) mass is 177 g/mol. The van der Waals surface area contributed by atoms with Crippen LogP contribution in [0.25, 0.3) is 0 Å². The summed E-state index contributed by atoms with van der Waals surface area (Å²) >= 11 is 0. The third-order valence-corrected chi connectivity index (χ3v) is 1.79. The first kappa shape index (κ1) is 9.78. The van der Waals surface area contributed by atoms with Gasteiger partial charge in [0.05, 0.1) is 12.3 Å². The molecule has 1 aromatic rings. The number of hydrogen-bond donors (Lipinski definition) is 0. The van der Waals surface area contributed by atoms with Crippen molar-refractivity contribution in [2.45, 2.75) is 20.8 Å². The molecule has 0 unspecified atom stereocenters. The summed E-state index contributed by atoms with van der Waals surface area (Å²) in [4.78, 5) is 4.19. The van der Waals surface area contributed by atoms with Crippen LogP contribution in [0.2, 0.25) is 0 Å². The average molecular weight is 177 g/mol. The van der Waals surface area contributed by atoms with Crippen molar-refractivity contribution >= 4 is 12.1 Å². The molecule has 0 aliphatic rings. The Labute approximate surface area is 79.3 Å². The van der Waals surface area contributed by atoms with Crippen molar-refractivity contribution in [2.75, 3.05) is 6.61 Å². The SMILES string of the molecule is CCOC=Nc1ccc(C)cc1C. The van der Waals surface area contributed by atoms with Crippen LogP contribution in [0.4, 0.5) is 5.69 Å². The van der Waals surface area contributed by atoms with Crippen LogP contribution >= 0.6 is 0 Å². The predicted octanol–water partition coefficient (Wildman–Crippen LogP) is 3.00. The highest BCUT2D eigenvalue weighted by Crippen LogP contribution is 2.18. The second-order valence-corrected chi connectivity index (χ2v) is 2.98. The van der Waals surface area contributed by atoms with Gasteiger partial charge in [-0.1, -0.05) is 17.7 Å². The zero-order chi connectivity index (χ0) is 9.68. The Hall–Kier alpha value is -1.31. The molecule has 1 aromatic carbocycles. The van der Waals surface area contributed by atoms with E-state index in [0.717, 1.165) is 5.69 Å². The minimum atomic E-state index is 0.661. The van der Waals surface area contributed by atoms with Crippen molar-refractivity contribution in [3.63, 3.8) is 0 Å². The highest BCUT2D eigenvalue weighted by molar-refractivity contribution is 5.58. The van der Waals surface area contributed by atoms with E-state index in [9.17, 15) is 0 Å². The van der Waals surface area contributed by atoms with Gasteiger partial charge in [-0.25, -0.2) is 4.99 Å². The Kier molecular flexibility index (Phi) is 3.50. The standard InChI is InChI=1S/C11H15NO/c1-4-13-8-12-11-6-5-9(2)7-10(11)3/h5-8H,4H2,1-3H3. The van der Waals surface area contributed by atoms with E-state index in [2.05, 4.69) is 18.0 Å². The molecule has 2 nitrogen and oxygen atoms in total. The van der Waals surface area contributed by atoms with Crippen LogP contribution < -0.4 is 0 Å². The van der Waals surface area contributed by atoms with E-state index in [1.807, 2.05) is 26.0 Å². The molecule has 0 atom stereocenters. The fourth-order valence-electron chi connectivity index (χ4n) is 1.12. The van der Waals surface area contributed by atoms with Gasteiger partial charge in [0, 0.05) is 0 Å². The third-order valence-electron chi connectivity index (χ3n) is 1.79. The topological polar surface area (TPSA) is 21.6 Å². The second kappa shape index (κ2) is 4.65. The maximum absolute atomic E-state index is 5.03. The molecular formula is C11H15NO. The van der Waals surface area contributed by atoms with Crippen LogP contribution in [-0.4, -0.2) is 13.0 Å². The minimum Gasteiger partial charge on any atom is -0.483 e. The molecule has 0 radical (unpaired) electrons. The fourth-order valence-corrected chi connectivity index (χ4v) is 1.12. The van der Waals surface area contributed by atoms with E-state index in [4.69, 9.17) is 4.74 Å². The molecule has 0 fully saturated rings. The first-order valence-electron chi connectivity index (χ1n) is 4.45.